The predicted molar refractivity (Wildman–Crippen MR) is 100 cm³/mol. The SMILES string of the molecule is O=C(O)c1cccc(N2C(=O)/C(=C\c3c(F)cccc3Cl)SC2=S)c1. The number of carbonyl (C=O) groups excluding carboxylic acids is 1. The second kappa shape index (κ2) is 6.95. The second-order valence-electron chi connectivity index (χ2n) is 5.01. The smallest absolute Gasteiger partial charge is 0.335 e. The summed E-state index contributed by atoms with van der Waals surface area (Å²) in [6.07, 6.45) is 1.35. The molecule has 1 amide bonds. The lowest BCUT2D eigenvalue weighted by Crippen LogP contribution is -2.27. The van der Waals surface area contributed by atoms with Crippen LogP contribution in [0.1, 0.15) is 15.9 Å². The summed E-state index contributed by atoms with van der Waals surface area (Å²) in [7, 11) is 0. The van der Waals surface area contributed by atoms with Crippen LogP contribution in [0.25, 0.3) is 6.08 Å². The van der Waals surface area contributed by atoms with E-state index in [0.29, 0.717) is 5.69 Å². The van der Waals surface area contributed by atoms with E-state index in [4.69, 9.17) is 28.9 Å². The van der Waals surface area contributed by atoms with Gasteiger partial charge in [-0.3, -0.25) is 9.69 Å². The number of halogens is 2. The number of carboxylic acids is 1. The fourth-order valence-electron chi connectivity index (χ4n) is 2.25. The number of thiocarbonyl (C=S) groups is 1. The maximum atomic E-state index is 13.9. The number of anilines is 1. The van der Waals surface area contributed by atoms with Crippen molar-refractivity contribution in [3.05, 3.63) is 69.3 Å². The van der Waals surface area contributed by atoms with Gasteiger partial charge in [-0.1, -0.05) is 47.7 Å². The molecule has 25 heavy (non-hydrogen) atoms. The summed E-state index contributed by atoms with van der Waals surface area (Å²) in [5.74, 6) is -2.12. The van der Waals surface area contributed by atoms with Crippen molar-refractivity contribution in [1.29, 1.82) is 0 Å². The Morgan fingerprint density at radius 3 is 2.68 bits per heavy atom. The number of benzene rings is 2. The molecular formula is C17H9ClFNO3S2. The lowest BCUT2D eigenvalue weighted by molar-refractivity contribution is -0.113. The molecule has 1 heterocycles. The lowest BCUT2D eigenvalue weighted by Gasteiger charge is -2.14. The molecule has 1 aliphatic rings. The van der Waals surface area contributed by atoms with Gasteiger partial charge < -0.3 is 5.11 Å². The number of hydrogen-bond acceptors (Lipinski definition) is 4. The zero-order valence-electron chi connectivity index (χ0n) is 12.4. The van der Waals surface area contributed by atoms with Gasteiger partial charge in [0, 0.05) is 5.56 Å². The van der Waals surface area contributed by atoms with Gasteiger partial charge in [0.05, 0.1) is 21.2 Å². The van der Waals surface area contributed by atoms with Crippen LogP contribution in [0.5, 0.6) is 0 Å². The first-order chi connectivity index (χ1) is 11.9. The summed E-state index contributed by atoms with van der Waals surface area (Å²) in [4.78, 5) is 25.2. The van der Waals surface area contributed by atoms with Crippen molar-refractivity contribution in [1.82, 2.24) is 0 Å². The first-order valence-electron chi connectivity index (χ1n) is 6.94. The summed E-state index contributed by atoms with van der Waals surface area (Å²) in [5.41, 5.74) is 0.474. The Balaban J connectivity index is 2.00. The minimum absolute atomic E-state index is 0.0349. The minimum Gasteiger partial charge on any atom is -0.478 e. The lowest BCUT2D eigenvalue weighted by atomic mass is 10.1. The zero-order valence-corrected chi connectivity index (χ0v) is 14.8. The van der Waals surface area contributed by atoms with E-state index in [1.165, 1.54) is 47.4 Å². The fraction of sp³-hybridized carbons (Fsp3) is 0. The van der Waals surface area contributed by atoms with Gasteiger partial charge >= 0.3 is 5.97 Å². The molecule has 2 aromatic carbocycles. The molecule has 1 saturated heterocycles. The Bertz CT molecular complexity index is 925. The molecule has 0 aliphatic carbocycles. The van der Waals surface area contributed by atoms with Gasteiger partial charge in [-0.05, 0) is 36.4 Å². The molecule has 0 atom stereocenters. The van der Waals surface area contributed by atoms with Crippen molar-refractivity contribution in [3.63, 3.8) is 0 Å². The first-order valence-corrected chi connectivity index (χ1v) is 8.54. The molecule has 8 heteroatoms. The standard InChI is InChI=1S/C17H9ClFNO3S2/c18-12-5-2-6-13(19)11(12)8-14-15(21)20(17(24)25-14)10-4-1-3-9(7-10)16(22)23/h1-8H,(H,22,23)/b14-8+. The Labute approximate surface area is 156 Å². The molecule has 0 unspecified atom stereocenters. The summed E-state index contributed by atoms with van der Waals surface area (Å²) in [6.45, 7) is 0. The van der Waals surface area contributed by atoms with Crippen molar-refractivity contribution in [3.8, 4) is 0 Å². The molecule has 3 rings (SSSR count). The van der Waals surface area contributed by atoms with Crippen LogP contribution in [0.2, 0.25) is 5.02 Å². The van der Waals surface area contributed by atoms with E-state index in [-0.39, 0.29) is 25.4 Å². The van der Waals surface area contributed by atoms with Crippen molar-refractivity contribution in [2.45, 2.75) is 0 Å². The number of carboxylic acid groups (broad SMARTS) is 1. The molecule has 1 aliphatic heterocycles. The Kier molecular flexibility index (Phi) is 4.89. The molecule has 0 radical (unpaired) electrons. The summed E-state index contributed by atoms with van der Waals surface area (Å²) in [5, 5.41) is 9.26. The number of rotatable bonds is 3. The van der Waals surface area contributed by atoms with Gasteiger partial charge in [-0.15, -0.1) is 0 Å². The molecular weight excluding hydrogens is 385 g/mol. The average molecular weight is 394 g/mol. The highest BCUT2D eigenvalue weighted by Crippen LogP contribution is 2.37. The van der Waals surface area contributed by atoms with E-state index in [9.17, 15) is 14.0 Å². The predicted octanol–water partition coefficient (Wildman–Crippen LogP) is 4.58. The quantitative estimate of drug-likeness (QED) is 0.610. The van der Waals surface area contributed by atoms with Crippen LogP contribution in [-0.4, -0.2) is 21.3 Å². The highest BCUT2D eigenvalue weighted by molar-refractivity contribution is 8.27. The van der Waals surface area contributed by atoms with Crippen molar-refractivity contribution in [2.75, 3.05) is 4.90 Å². The first kappa shape index (κ1) is 17.6. The maximum absolute atomic E-state index is 13.9. The summed E-state index contributed by atoms with van der Waals surface area (Å²) >= 11 is 12.2. The number of aromatic carboxylic acids is 1. The molecule has 0 spiro atoms. The van der Waals surface area contributed by atoms with Crippen molar-refractivity contribution < 1.29 is 19.1 Å². The van der Waals surface area contributed by atoms with Crippen LogP contribution in [0.4, 0.5) is 10.1 Å². The Morgan fingerprint density at radius 2 is 2.00 bits per heavy atom. The molecule has 4 nitrogen and oxygen atoms in total. The third-order valence-electron chi connectivity index (χ3n) is 3.42. The molecule has 0 aromatic heterocycles. The van der Waals surface area contributed by atoms with Gasteiger partial charge in [0.25, 0.3) is 5.91 Å². The van der Waals surface area contributed by atoms with Crippen LogP contribution in [0.3, 0.4) is 0 Å². The van der Waals surface area contributed by atoms with Gasteiger partial charge in [-0.25, -0.2) is 9.18 Å². The fourth-order valence-corrected chi connectivity index (χ4v) is 3.75. The van der Waals surface area contributed by atoms with E-state index in [2.05, 4.69) is 0 Å². The van der Waals surface area contributed by atoms with E-state index in [1.54, 1.807) is 6.07 Å². The number of hydrogen-bond donors (Lipinski definition) is 1. The number of thioether (sulfide) groups is 1. The highest BCUT2D eigenvalue weighted by atomic mass is 35.5. The molecule has 0 saturated carbocycles. The van der Waals surface area contributed by atoms with Gasteiger partial charge in [0.1, 0.15) is 5.82 Å². The van der Waals surface area contributed by atoms with Crippen LogP contribution in [-0.2, 0) is 4.79 Å². The average Bonchev–Trinajstić information content (AvgIpc) is 2.85. The van der Waals surface area contributed by atoms with E-state index in [0.717, 1.165) is 11.8 Å². The largest absolute Gasteiger partial charge is 0.478 e. The Hall–Kier alpha value is -2.22. The van der Waals surface area contributed by atoms with E-state index < -0.39 is 17.7 Å². The van der Waals surface area contributed by atoms with Crippen LogP contribution >= 0.6 is 35.6 Å². The van der Waals surface area contributed by atoms with Crippen molar-refractivity contribution >= 4 is 63.5 Å². The third-order valence-corrected chi connectivity index (χ3v) is 5.05. The number of amides is 1. The highest BCUT2D eigenvalue weighted by Gasteiger charge is 2.34. The zero-order chi connectivity index (χ0) is 18.1. The molecule has 1 N–H and O–H groups in total. The van der Waals surface area contributed by atoms with E-state index >= 15 is 0 Å². The summed E-state index contributed by atoms with van der Waals surface area (Å²) < 4.78 is 14.2. The summed E-state index contributed by atoms with van der Waals surface area (Å²) in [6, 6.07) is 10.1. The van der Waals surface area contributed by atoms with Gasteiger partial charge in [-0.2, -0.15) is 0 Å². The molecule has 2 aromatic rings. The van der Waals surface area contributed by atoms with Crippen LogP contribution in [0.15, 0.2) is 47.4 Å². The van der Waals surface area contributed by atoms with Crippen molar-refractivity contribution in [2.24, 2.45) is 0 Å². The normalized spacial score (nSPS) is 15.9. The monoisotopic (exact) mass is 393 g/mol. The second-order valence-corrected chi connectivity index (χ2v) is 7.09. The number of carbonyl (C=O) groups is 2. The molecule has 1 fully saturated rings. The number of nitrogens with zero attached hydrogens (tertiary/aromatic N) is 1. The Morgan fingerprint density at radius 1 is 1.28 bits per heavy atom. The van der Waals surface area contributed by atoms with Crippen LogP contribution in [0, 0.1) is 5.82 Å². The van der Waals surface area contributed by atoms with E-state index in [1.807, 2.05) is 0 Å². The molecule has 126 valence electrons. The molecule has 0 bridgehead atoms. The third kappa shape index (κ3) is 3.44. The van der Waals surface area contributed by atoms with Gasteiger partial charge in [0.15, 0.2) is 4.32 Å². The topological polar surface area (TPSA) is 57.6 Å². The minimum atomic E-state index is -1.11. The maximum Gasteiger partial charge on any atom is 0.335 e. The van der Waals surface area contributed by atoms with Crippen LogP contribution < -0.4 is 4.90 Å². The van der Waals surface area contributed by atoms with Gasteiger partial charge in [0.2, 0.25) is 0 Å².